The molecular formula is C17H18N4O2. The topological polar surface area (TPSA) is 66.3 Å². The van der Waals surface area contributed by atoms with Crippen molar-refractivity contribution >= 4 is 23.1 Å². The van der Waals surface area contributed by atoms with Crippen molar-refractivity contribution in [1.29, 1.82) is 0 Å². The number of morpholine rings is 1. The number of azo groups is 1. The Morgan fingerprint density at radius 2 is 1.52 bits per heavy atom. The van der Waals surface area contributed by atoms with Crippen LogP contribution in [-0.2, 0) is 4.74 Å². The number of hydrogen-bond acceptors (Lipinski definition) is 4. The van der Waals surface area contributed by atoms with Gasteiger partial charge in [0, 0.05) is 18.8 Å². The maximum atomic E-state index is 12.1. The highest BCUT2D eigenvalue weighted by Gasteiger charge is 2.16. The minimum atomic E-state index is -0.105. The summed E-state index contributed by atoms with van der Waals surface area (Å²) in [5, 5.41) is 11.2. The number of amides is 2. The van der Waals surface area contributed by atoms with Crippen molar-refractivity contribution in [3.63, 3.8) is 0 Å². The fourth-order valence-corrected chi connectivity index (χ4v) is 2.19. The summed E-state index contributed by atoms with van der Waals surface area (Å²) in [5.41, 5.74) is 2.27. The largest absolute Gasteiger partial charge is 0.378 e. The summed E-state index contributed by atoms with van der Waals surface area (Å²) < 4.78 is 5.23. The van der Waals surface area contributed by atoms with Crippen LogP contribution in [0.15, 0.2) is 64.8 Å². The molecule has 0 radical (unpaired) electrons. The van der Waals surface area contributed by atoms with Crippen molar-refractivity contribution in [3.05, 3.63) is 54.6 Å². The number of carbonyl (C=O) groups is 1. The van der Waals surface area contributed by atoms with E-state index in [1.807, 2.05) is 54.6 Å². The number of urea groups is 1. The van der Waals surface area contributed by atoms with Gasteiger partial charge in [-0.25, -0.2) is 4.79 Å². The molecule has 23 heavy (non-hydrogen) atoms. The Bertz CT molecular complexity index is 665. The fraction of sp³-hybridized carbons (Fsp3) is 0.235. The summed E-state index contributed by atoms with van der Waals surface area (Å²) in [6, 6.07) is 16.7. The van der Waals surface area contributed by atoms with Gasteiger partial charge in [-0.2, -0.15) is 10.2 Å². The molecular weight excluding hydrogens is 292 g/mol. The molecule has 1 saturated heterocycles. The molecule has 6 nitrogen and oxygen atoms in total. The zero-order chi connectivity index (χ0) is 15.9. The highest BCUT2D eigenvalue weighted by Crippen LogP contribution is 2.20. The Morgan fingerprint density at radius 3 is 2.17 bits per heavy atom. The lowest BCUT2D eigenvalue weighted by Crippen LogP contribution is -2.43. The van der Waals surface area contributed by atoms with Gasteiger partial charge < -0.3 is 15.0 Å². The SMILES string of the molecule is O=C(Nc1ccc(N=Nc2ccccc2)cc1)N1CCOCC1. The highest BCUT2D eigenvalue weighted by molar-refractivity contribution is 5.89. The molecule has 0 atom stereocenters. The Kier molecular flexibility index (Phi) is 4.95. The molecule has 0 aliphatic carbocycles. The van der Waals surface area contributed by atoms with Crippen molar-refractivity contribution < 1.29 is 9.53 Å². The quantitative estimate of drug-likeness (QED) is 0.872. The number of hydrogen-bond donors (Lipinski definition) is 1. The lowest BCUT2D eigenvalue weighted by Gasteiger charge is -2.26. The third-order valence-electron chi connectivity index (χ3n) is 3.45. The number of nitrogens with zero attached hydrogens (tertiary/aromatic N) is 3. The summed E-state index contributed by atoms with van der Waals surface area (Å²) >= 11 is 0. The van der Waals surface area contributed by atoms with Gasteiger partial charge in [0.05, 0.1) is 24.6 Å². The Morgan fingerprint density at radius 1 is 0.913 bits per heavy atom. The first-order chi connectivity index (χ1) is 11.3. The summed E-state index contributed by atoms with van der Waals surface area (Å²) in [6.07, 6.45) is 0. The first kappa shape index (κ1) is 15.2. The molecule has 2 aromatic carbocycles. The number of benzene rings is 2. The van der Waals surface area contributed by atoms with E-state index in [2.05, 4.69) is 15.5 Å². The summed E-state index contributed by atoms with van der Waals surface area (Å²) in [6.45, 7) is 2.42. The molecule has 0 saturated carbocycles. The molecule has 118 valence electrons. The van der Waals surface area contributed by atoms with E-state index in [9.17, 15) is 4.79 Å². The summed E-state index contributed by atoms with van der Waals surface area (Å²) in [4.78, 5) is 13.8. The summed E-state index contributed by atoms with van der Waals surface area (Å²) in [5.74, 6) is 0. The molecule has 0 spiro atoms. The van der Waals surface area contributed by atoms with E-state index in [0.29, 0.717) is 26.3 Å². The Hall–Kier alpha value is -2.73. The summed E-state index contributed by atoms with van der Waals surface area (Å²) in [7, 11) is 0. The highest BCUT2D eigenvalue weighted by atomic mass is 16.5. The van der Waals surface area contributed by atoms with Crippen LogP contribution in [0.5, 0.6) is 0 Å². The molecule has 1 N–H and O–H groups in total. The van der Waals surface area contributed by atoms with Gasteiger partial charge in [0.2, 0.25) is 0 Å². The smallest absolute Gasteiger partial charge is 0.321 e. The van der Waals surface area contributed by atoms with E-state index in [4.69, 9.17) is 4.74 Å². The van der Waals surface area contributed by atoms with Crippen LogP contribution in [-0.4, -0.2) is 37.2 Å². The van der Waals surface area contributed by atoms with E-state index >= 15 is 0 Å². The van der Waals surface area contributed by atoms with Gasteiger partial charge >= 0.3 is 6.03 Å². The van der Waals surface area contributed by atoms with Gasteiger partial charge in [0.15, 0.2) is 0 Å². The average molecular weight is 310 g/mol. The minimum Gasteiger partial charge on any atom is -0.378 e. The number of nitrogens with one attached hydrogen (secondary N) is 1. The van der Waals surface area contributed by atoms with Gasteiger partial charge in [-0.1, -0.05) is 18.2 Å². The van der Waals surface area contributed by atoms with Crippen LogP contribution in [0.4, 0.5) is 21.9 Å². The number of rotatable bonds is 3. The zero-order valence-corrected chi connectivity index (χ0v) is 12.7. The van der Waals surface area contributed by atoms with Crippen LogP contribution >= 0.6 is 0 Å². The number of ether oxygens (including phenoxy) is 1. The molecule has 2 amide bonds. The Balaban J connectivity index is 1.58. The van der Waals surface area contributed by atoms with Crippen LogP contribution in [0.3, 0.4) is 0 Å². The predicted molar refractivity (Wildman–Crippen MR) is 88.5 cm³/mol. The molecule has 0 bridgehead atoms. The fourth-order valence-electron chi connectivity index (χ4n) is 2.19. The molecule has 2 aromatic rings. The van der Waals surface area contributed by atoms with Gasteiger partial charge in [-0.3, -0.25) is 0 Å². The Labute approximate surface area is 134 Å². The van der Waals surface area contributed by atoms with Gasteiger partial charge in [0.1, 0.15) is 0 Å². The van der Waals surface area contributed by atoms with Crippen molar-refractivity contribution in [1.82, 2.24) is 4.90 Å². The van der Waals surface area contributed by atoms with E-state index in [-0.39, 0.29) is 6.03 Å². The molecule has 3 rings (SSSR count). The van der Waals surface area contributed by atoms with Gasteiger partial charge in [-0.05, 0) is 36.4 Å². The second-order valence-electron chi connectivity index (χ2n) is 5.11. The average Bonchev–Trinajstić information content (AvgIpc) is 2.63. The van der Waals surface area contributed by atoms with E-state index in [0.717, 1.165) is 17.1 Å². The number of carbonyl (C=O) groups excluding carboxylic acids is 1. The zero-order valence-electron chi connectivity index (χ0n) is 12.7. The molecule has 6 heteroatoms. The third kappa shape index (κ3) is 4.37. The lowest BCUT2D eigenvalue weighted by atomic mass is 10.3. The van der Waals surface area contributed by atoms with Crippen molar-refractivity contribution in [3.8, 4) is 0 Å². The second kappa shape index (κ2) is 7.51. The third-order valence-corrected chi connectivity index (χ3v) is 3.45. The molecule has 1 aliphatic heterocycles. The van der Waals surface area contributed by atoms with Crippen molar-refractivity contribution in [2.45, 2.75) is 0 Å². The van der Waals surface area contributed by atoms with Crippen LogP contribution in [0.1, 0.15) is 0 Å². The lowest BCUT2D eigenvalue weighted by molar-refractivity contribution is 0.0564. The minimum absolute atomic E-state index is 0.105. The second-order valence-corrected chi connectivity index (χ2v) is 5.11. The monoisotopic (exact) mass is 310 g/mol. The van der Waals surface area contributed by atoms with Crippen molar-refractivity contribution in [2.24, 2.45) is 10.2 Å². The predicted octanol–water partition coefficient (Wildman–Crippen LogP) is 3.97. The van der Waals surface area contributed by atoms with Crippen LogP contribution < -0.4 is 5.32 Å². The maximum Gasteiger partial charge on any atom is 0.321 e. The van der Waals surface area contributed by atoms with E-state index in [1.165, 1.54) is 0 Å². The standard InChI is InChI=1S/C17H18N4O2/c22-17(21-10-12-23-13-11-21)18-14-6-8-16(9-7-14)20-19-15-4-2-1-3-5-15/h1-9H,10-13H2,(H,18,22). The van der Waals surface area contributed by atoms with E-state index in [1.54, 1.807) is 4.90 Å². The van der Waals surface area contributed by atoms with Crippen LogP contribution in [0, 0.1) is 0 Å². The molecule has 1 aliphatic rings. The van der Waals surface area contributed by atoms with Crippen LogP contribution in [0.25, 0.3) is 0 Å². The molecule has 0 unspecified atom stereocenters. The molecule has 0 aromatic heterocycles. The number of anilines is 1. The molecule has 1 heterocycles. The van der Waals surface area contributed by atoms with E-state index < -0.39 is 0 Å². The molecule has 1 fully saturated rings. The maximum absolute atomic E-state index is 12.1. The van der Waals surface area contributed by atoms with Gasteiger partial charge in [0.25, 0.3) is 0 Å². The van der Waals surface area contributed by atoms with Crippen molar-refractivity contribution in [2.75, 3.05) is 31.6 Å². The van der Waals surface area contributed by atoms with Gasteiger partial charge in [-0.15, -0.1) is 0 Å². The van der Waals surface area contributed by atoms with Crippen LogP contribution in [0.2, 0.25) is 0 Å². The first-order valence-electron chi connectivity index (χ1n) is 7.52. The normalized spacial score (nSPS) is 14.9. The first-order valence-corrected chi connectivity index (χ1v) is 7.52.